The molecule has 2 aromatic heterocycles. The van der Waals surface area contributed by atoms with E-state index in [1.54, 1.807) is 4.52 Å². The van der Waals surface area contributed by atoms with E-state index in [0.29, 0.717) is 0 Å². The van der Waals surface area contributed by atoms with Crippen molar-refractivity contribution in [1.82, 2.24) is 19.8 Å². The van der Waals surface area contributed by atoms with Gasteiger partial charge in [-0.1, -0.05) is 30.3 Å². The van der Waals surface area contributed by atoms with Crippen molar-refractivity contribution in [3.8, 4) is 0 Å². The van der Waals surface area contributed by atoms with Crippen molar-refractivity contribution in [1.29, 1.82) is 0 Å². The van der Waals surface area contributed by atoms with Crippen LogP contribution in [-0.4, -0.2) is 19.8 Å². The van der Waals surface area contributed by atoms with Crippen LogP contribution in [0.4, 0.5) is 0 Å². The van der Waals surface area contributed by atoms with Crippen LogP contribution in [-0.2, 0) is 6.42 Å². The summed E-state index contributed by atoms with van der Waals surface area (Å²) >= 11 is 0. The lowest BCUT2D eigenvalue weighted by molar-refractivity contribution is 0.622. The van der Waals surface area contributed by atoms with Crippen LogP contribution < -0.4 is 5.73 Å². The maximum atomic E-state index is 6.21. The fourth-order valence-electron chi connectivity index (χ4n) is 2.23. The number of nitrogens with zero attached hydrogens (tertiary/aromatic N) is 4. The van der Waals surface area contributed by atoms with Gasteiger partial charge in [0.25, 0.3) is 0 Å². The van der Waals surface area contributed by atoms with Gasteiger partial charge in [0.15, 0.2) is 11.5 Å². The quantitative estimate of drug-likeness (QED) is 0.785. The molecule has 3 rings (SSSR count). The Kier molecular flexibility index (Phi) is 3.43. The first kappa shape index (κ1) is 12.7. The van der Waals surface area contributed by atoms with E-state index in [1.165, 1.54) is 0 Å². The Morgan fingerprint density at radius 2 is 1.90 bits per heavy atom. The highest BCUT2D eigenvalue weighted by Gasteiger charge is 2.10. The van der Waals surface area contributed by atoms with E-state index in [0.717, 1.165) is 35.6 Å². The van der Waals surface area contributed by atoms with Crippen LogP contribution in [0.3, 0.4) is 0 Å². The molecule has 0 bridgehead atoms. The number of nitrogens with two attached hydrogens (primary N) is 1. The number of aromatic nitrogens is 4. The van der Waals surface area contributed by atoms with Crippen LogP contribution in [0.15, 0.2) is 42.5 Å². The van der Waals surface area contributed by atoms with Gasteiger partial charge in [-0.25, -0.2) is 0 Å². The molecule has 0 spiro atoms. The van der Waals surface area contributed by atoms with Gasteiger partial charge < -0.3 is 5.73 Å². The van der Waals surface area contributed by atoms with Gasteiger partial charge in [0.1, 0.15) is 0 Å². The fraction of sp³-hybridized carbons (Fsp3) is 0.267. The van der Waals surface area contributed by atoms with Crippen molar-refractivity contribution < 1.29 is 0 Å². The molecular formula is C15H17N5. The van der Waals surface area contributed by atoms with Crippen LogP contribution in [0.2, 0.25) is 0 Å². The molecule has 0 radical (unpaired) electrons. The molecule has 2 heterocycles. The van der Waals surface area contributed by atoms with Crippen LogP contribution in [0.5, 0.6) is 0 Å². The zero-order valence-corrected chi connectivity index (χ0v) is 11.4. The summed E-state index contributed by atoms with van der Waals surface area (Å²) in [6.45, 7) is 1.96. The standard InChI is InChI=1S/C15H17N5/c1-11-7-9-14-17-18-15(20(14)19-11)10-8-13(16)12-5-3-2-4-6-12/h2-7,9,13H,8,10,16H2,1H3. The number of rotatable bonds is 4. The Balaban J connectivity index is 1.75. The summed E-state index contributed by atoms with van der Waals surface area (Å²) in [5, 5.41) is 12.8. The molecule has 5 nitrogen and oxygen atoms in total. The summed E-state index contributed by atoms with van der Waals surface area (Å²) in [7, 11) is 0. The van der Waals surface area contributed by atoms with E-state index in [4.69, 9.17) is 5.73 Å². The summed E-state index contributed by atoms with van der Waals surface area (Å²) in [6, 6.07) is 14.0. The number of fused-ring (bicyclic) bond motifs is 1. The van der Waals surface area contributed by atoms with Crippen LogP contribution in [0, 0.1) is 6.92 Å². The van der Waals surface area contributed by atoms with Gasteiger partial charge in [-0.15, -0.1) is 10.2 Å². The van der Waals surface area contributed by atoms with Crippen LogP contribution >= 0.6 is 0 Å². The number of hydrogen-bond acceptors (Lipinski definition) is 4. The minimum atomic E-state index is 0.00774. The first-order valence-corrected chi connectivity index (χ1v) is 6.72. The van der Waals surface area contributed by atoms with E-state index in [2.05, 4.69) is 27.4 Å². The molecule has 0 saturated carbocycles. The van der Waals surface area contributed by atoms with Crippen molar-refractivity contribution in [2.45, 2.75) is 25.8 Å². The van der Waals surface area contributed by atoms with Crippen molar-refractivity contribution in [2.75, 3.05) is 0 Å². The Labute approximate surface area is 117 Å². The molecule has 1 atom stereocenters. The highest BCUT2D eigenvalue weighted by Crippen LogP contribution is 2.16. The molecule has 3 aromatic rings. The molecular weight excluding hydrogens is 250 g/mol. The summed E-state index contributed by atoms with van der Waals surface area (Å²) < 4.78 is 1.80. The lowest BCUT2D eigenvalue weighted by atomic mass is 10.0. The molecule has 0 amide bonds. The zero-order valence-electron chi connectivity index (χ0n) is 11.4. The second kappa shape index (κ2) is 5.38. The number of benzene rings is 1. The second-order valence-corrected chi connectivity index (χ2v) is 4.92. The Morgan fingerprint density at radius 3 is 2.70 bits per heavy atom. The minimum absolute atomic E-state index is 0.00774. The van der Waals surface area contributed by atoms with Gasteiger partial charge in [0.05, 0.1) is 5.69 Å². The minimum Gasteiger partial charge on any atom is -0.324 e. The van der Waals surface area contributed by atoms with Gasteiger partial charge >= 0.3 is 0 Å². The van der Waals surface area contributed by atoms with Gasteiger partial charge in [-0.3, -0.25) is 0 Å². The summed E-state index contributed by atoms with van der Waals surface area (Å²) in [4.78, 5) is 0. The van der Waals surface area contributed by atoms with E-state index in [9.17, 15) is 0 Å². The zero-order chi connectivity index (χ0) is 13.9. The predicted molar refractivity (Wildman–Crippen MR) is 77.2 cm³/mol. The Bertz CT molecular complexity index is 705. The second-order valence-electron chi connectivity index (χ2n) is 4.92. The molecule has 0 aliphatic rings. The first-order chi connectivity index (χ1) is 9.74. The van der Waals surface area contributed by atoms with Gasteiger partial charge in [0.2, 0.25) is 0 Å². The highest BCUT2D eigenvalue weighted by atomic mass is 15.4. The van der Waals surface area contributed by atoms with Gasteiger partial charge in [0, 0.05) is 12.5 Å². The maximum absolute atomic E-state index is 6.21. The van der Waals surface area contributed by atoms with E-state index >= 15 is 0 Å². The van der Waals surface area contributed by atoms with Crippen LogP contribution in [0.1, 0.15) is 29.5 Å². The van der Waals surface area contributed by atoms with Gasteiger partial charge in [-0.2, -0.15) is 9.61 Å². The number of hydrogen-bond donors (Lipinski definition) is 1. The molecule has 0 fully saturated rings. The van der Waals surface area contributed by atoms with Crippen molar-refractivity contribution in [3.05, 3.63) is 59.5 Å². The Morgan fingerprint density at radius 1 is 1.10 bits per heavy atom. The largest absolute Gasteiger partial charge is 0.324 e. The SMILES string of the molecule is Cc1ccc2nnc(CCC(N)c3ccccc3)n2n1. The molecule has 2 N–H and O–H groups in total. The average Bonchev–Trinajstić information content (AvgIpc) is 2.88. The third-order valence-electron chi connectivity index (χ3n) is 3.37. The normalized spacial score (nSPS) is 12.7. The third kappa shape index (κ3) is 2.53. The first-order valence-electron chi connectivity index (χ1n) is 6.72. The monoisotopic (exact) mass is 267 g/mol. The fourth-order valence-corrected chi connectivity index (χ4v) is 2.23. The van der Waals surface area contributed by atoms with E-state index in [1.807, 2.05) is 37.3 Å². The molecule has 1 unspecified atom stereocenters. The lowest BCUT2D eigenvalue weighted by Crippen LogP contribution is -2.12. The topological polar surface area (TPSA) is 69.1 Å². The van der Waals surface area contributed by atoms with Crippen LogP contribution in [0.25, 0.3) is 5.65 Å². The smallest absolute Gasteiger partial charge is 0.177 e. The van der Waals surface area contributed by atoms with Crippen molar-refractivity contribution in [2.24, 2.45) is 5.73 Å². The summed E-state index contributed by atoms with van der Waals surface area (Å²) in [5.41, 5.74) is 9.08. The van der Waals surface area contributed by atoms with E-state index in [-0.39, 0.29) is 6.04 Å². The molecule has 1 aromatic carbocycles. The molecule has 20 heavy (non-hydrogen) atoms. The van der Waals surface area contributed by atoms with Crippen molar-refractivity contribution >= 4 is 5.65 Å². The summed E-state index contributed by atoms with van der Waals surface area (Å²) in [6.07, 6.45) is 1.58. The molecule has 5 heteroatoms. The third-order valence-corrected chi connectivity index (χ3v) is 3.37. The van der Waals surface area contributed by atoms with Crippen molar-refractivity contribution in [3.63, 3.8) is 0 Å². The molecule has 0 aliphatic carbocycles. The Hall–Kier alpha value is -2.27. The highest BCUT2D eigenvalue weighted by molar-refractivity contribution is 5.36. The summed E-state index contributed by atoms with van der Waals surface area (Å²) in [5.74, 6) is 0.857. The molecule has 102 valence electrons. The lowest BCUT2D eigenvalue weighted by Gasteiger charge is -2.10. The average molecular weight is 267 g/mol. The molecule has 0 saturated heterocycles. The number of aryl methyl sites for hydroxylation is 2. The van der Waals surface area contributed by atoms with Gasteiger partial charge in [-0.05, 0) is 31.0 Å². The van der Waals surface area contributed by atoms with E-state index < -0.39 is 0 Å². The maximum Gasteiger partial charge on any atom is 0.177 e. The predicted octanol–water partition coefficient (Wildman–Crippen LogP) is 2.07. The molecule has 0 aliphatic heterocycles.